The van der Waals surface area contributed by atoms with Gasteiger partial charge in [0, 0.05) is 0 Å². The fourth-order valence-corrected chi connectivity index (χ4v) is 4.14. The molecule has 1 aliphatic rings. The third-order valence-corrected chi connectivity index (χ3v) is 10.2. The number of hydrogen-bond donors (Lipinski definition) is 1. The summed E-state index contributed by atoms with van der Waals surface area (Å²) in [6.45, 7) is 10.9. The minimum atomic E-state index is -2.09. The van der Waals surface area contributed by atoms with E-state index in [1.807, 2.05) is 42.5 Å². The van der Waals surface area contributed by atoms with Crippen molar-refractivity contribution in [3.8, 4) is 0 Å². The Kier molecular flexibility index (Phi) is 5.96. The van der Waals surface area contributed by atoms with Gasteiger partial charge in [-0.05, 0) is 41.4 Å². The molecule has 6 heteroatoms. The first-order chi connectivity index (χ1) is 13.6. The zero-order chi connectivity index (χ0) is 21.2. The first-order valence-electron chi connectivity index (χ1n) is 9.88. The number of β-lactam (4-membered cyclic amide) rings is 1. The Morgan fingerprint density at radius 3 is 2.38 bits per heavy atom. The number of esters is 1. The Balaban J connectivity index is 1.70. The number of rotatable bonds is 6. The van der Waals surface area contributed by atoms with Gasteiger partial charge in [0.15, 0.2) is 8.32 Å². The number of benzene rings is 2. The molecular formula is C23H29NO4Si. The standard InChI is InChI=1S/C23H29NO4Si/c1-23(2,3)29(4,5)28-20-19(24-21(20)25)17-12-9-13-18(14-17)22(26)27-15-16-10-7-6-8-11-16/h6-14,19-20H,15H2,1-5H3,(H,24,25)/t19-,20+/m0/s1. The van der Waals surface area contributed by atoms with Crippen LogP contribution >= 0.6 is 0 Å². The first-order valence-corrected chi connectivity index (χ1v) is 12.8. The van der Waals surface area contributed by atoms with Gasteiger partial charge in [0.05, 0.1) is 11.6 Å². The predicted molar refractivity (Wildman–Crippen MR) is 115 cm³/mol. The third-order valence-electron chi connectivity index (χ3n) is 5.78. The van der Waals surface area contributed by atoms with Crippen molar-refractivity contribution in [3.63, 3.8) is 0 Å². The lowest BCUT2D eigenvalue weighted by atomic mass is 9.93. The molecule has 154 valence electrons. The maximum atomic E-state index is 12.5. The minimum absolute atomic E-state index is 0.0104. The molecule has 1 N–H and O–H groups in total. The van der Waals surface area contributed by atoms with Gasteiger partial charge < -0.3 is 14.5 Å². The van der Waals surface area contributed by atoms with Crippen molar-refractivity contribution >= 4 is 20.2 Å². The first kappa shape index (κ1) is 21.3. The summed E-state index contributed by atoms with van der Waals surface area (Å²) in [7, 11) is -2.09. The molecule has 0 spiro atoms. The summed E-state index contributed by atoms with van der Waals surface area (Å²) in [5.41, 5.74) is 2.25. The molecule has 1 saturated heterocycles. The van der Waals surface area contributed by atoms with E-state index in [-0.39, 0.29) is 29.6 Å². The fourth-order valence-electron chi connectivity index (χ4n) is 2.91. The molecule has 1 amide bonds. The van der Waals surface area contributed by atoms with Crippen molar-refractivity contribution in [2.45, 2.75) is 57.7 Å². The van der Waals surface area contributed by atoms with Gasteiger partial charge in [0.1, 0.15) is 12.7 Å². The molecule has 2 aromatic rings. The molecule has 29 heavy (non-hydrogen) atoms. The highest BCUT2D eigenvalue weighted by Gasteiger charge is 2.48. The zero-order valence-electron chi connectivity index (χ0n) is 17.7. The molecular weight excluding hydrogens is 382 g/mol. The van der Waals surface area contributed by atoms with Gasteiger partial charge in [0.2, 0.25) is 0 Å². The van der Waals surface area contributed by atoms with Crippen LogP contribution in [0.3, 0.4) is 0 Å². The van der Waals surface area contributed by atoms with Crippen LogP contribution in [0.5, 0.6) is 0 Å². The number of ether oxygens (including phenoxy) is 1. The van der Waals surface area contributed by atoms with Crippen molar-refractivity contribution in [2.24, 2.45) is 0 Å². The van der Waals surface area contributed by atoms with Crippen LogP contribution < -0.4 is 5.32 Å². The molecule has 0 saturated carbocycles. The van der Waals surface area contributed by atoms with Crippen LogP contribution in [0.15, 0.2) is 54.6 Å². The summed E-state index contributed by atoms with van der Waals surface area (Å²) in [5, 5.41) is 2.92. The summed E-state index contributed by atoms with van der Waals surface area (Å²) in [6, 6.07) is 16.5. The highest BCUT2D eigenvalue weighted by atomic mass is 28.4. The van der Waals surface area contributed by atoms with E-state index in [9.17, 15) is 9.59 Å². The summed E-state index contributed by atoms with van der Waals surface area (Å²) < 4.78 is 11.8. The van der Waals surface area contributed by atoms with E-state index in [0.717, 1.165) is 11.1 Å². The number of carbonyl (C=O) groups excluding carboxylic acids is 2. The molecule has 3 rings (SSSR count). The van der Waals surface area contributed by atoms with Crippen LogP contribution in [0.25, 0.3) is 0 Å². The van der Waals surface area contributed by atoms with Gasteiger partial charge in [0.25, 0.3) is 5.91 Å². The molecule has 2 aromatic carbocycles. The summed E-state index contributed by atoms with van der Waals surface area (Å²) in [5.74, 6) is -0.486. The topological polar surface area (TPSA) is 64.6 Å². The van der Waals surface area contributed by atoms with Gasteiger partial charge in [-0.25, -0.2) is 4.79 Å². The van der Waals surface area contributed by atoms with E-state index < -0.39 is 14.4 Å². The van der Waals surface area contributed by atoms with Crippen molar-refractivity contribution in [1.29, 1.82) is 0 Å². The molecule has 1 fully saturated rings. The average Bonchev–Trinajstić information content (AvgIpc) is 2.68. The predicted octanol–water partition coefficient (Wildman–Crippen LogP) is 4.60. The lowest BCUT2D eigenvalue weighted by molar-refractivity contribution is -0.141. The quantitative estimate of drug-likeness (QED) is 0.428. The maximum Gasteiger partial charge on any atom is 0.338 e. The van der Waals surface area contributed by atoms with Gasteiger partial charge in [-0.3, -0.25) is 4.79 Å². The van der Waals surface area contributed by atoms with Crippen molar-refractivity contribution in [1.82, 2.24) is 5.32 Å². The Morgan fingerprint density at radius 1 is 1.07 bits per heavy atom. The summed E-state index contributed by atoms with van der Waals surface area (Å²) in [4.78, 5) is 24.7. The highest BCUT2D eigenvalue weighted by Crippen LogP contribution is 2.40. The van der Waals surface area contributed by atoms with Crippen LogP contribution in [-0.4, -0.2) is 26.3 Å². The molecule has 5 nitrogen and oxygen atoms in total. The van der Waals surface area contributed by atoms with Crippen molar-refractivity contribution in [3.05, 3.63) is 71.3 Å². The van der Waals surface area contributed by atoms with Crippen LogP contribution in [0.4, 0.5) is 0 Å². The Morgan fingerprint density at radius 2 is 1.76 bits per heavy atom. The van der Waals surface area contributed by atoms with Crippen LogP contribution in [-0.2, 0) is 20.6 Å². The lowest BCUT2D eigenvalue weighted by Gasteiger charge is -2.45. The lowest BCUT2D eigenvalue weighted by Crippen LogP contribution is -2.61. The van der Waals surface area contributed by atoms with Gasteiger partial charge in [-0.2, -0.15) is 0 Å². The van der Waals surface area contributed by atoms with Crippen LogP contribution in [0.1, 0.15) is 48.3 Å². The van der Waals surface area contributed by atoms with Crippen LogP contribution in [0, 0.1) is 0 Å². The number of nitrogens with one attached hydrogen (secondary N) is 1. The number of amides is 1. The van der Waals surface area contributed by atoms with E-state index in [4.69, 9.17) is 9.16 Å². The molecule has 0 unspecified atom stereocenters. The molecule has 0 bridgehead atoms. The smallest absolute Gasteiger partial charge is 0.338 e. The summed E-state index contributed by atoms with van der Waals surface area (Å²) >= 11 is 0. The van der Waals surface area contributed by atoms with Crippen molar-refractivity contribution in [2.75, 3.05) is 0 Å². The second-order valence-electron chi connectivity index (χ2n) is 8.97. The second kappa shape index (κ2) is 8.12. The van der Waals surface area contributed by atoms with E-state index >= 15 is 0 Å². The summed E-state index contributed by atoms with van der Waals surface area (Å²) in [6.07, 6.45) is -0.522. The van der Waals surface area contributed by atoms with Crippen molar-refractivity contribution < 1.29 is 18.8 Å². The SMILES string of the molecule is CC(C)(C)[Si](C)(C)O[C@H]1C(=O)N[C@H]1c1cccc(C(=O)OCc2ccccc2)c1. The number of hydrogen-bond acceptors (Lipinski definition) is 4. The Hall–Kier alpha value is -2.44. The zero-order valence-corrected chi connectivity index (χ0v) is 18.7. The van der Waals surface area contributed by atoms with Crippen LogP contribution in [0.2, 0.25) is 18.1 Å². The Labute approximate surface area is 173 Å². The third kappa shape index (κ3) is 4.76. The van der Waals surface area contributed by atoms with E-state index in [2.05, 4.69) is 39.2 Å². The van der Waals surface area contributed by atoms with Gasteiger partial charge in [-0.15, -0.1) is 0 Å². The monoisotopic (exact) mass is 411 g/mol. The molecule has 0 aliphatic carbocycles. The molecule has 1 heterocycles. The molecule has 2 atom stereocenters. The molecule has 1 aliphatic heterocycles. The fraction of sp³-hybridized carbons (Fsp3) is 0.391. The Bertz CT molecular complexity index is 889. The minimum Gasteiger partial charge on any atom is -0.457 e. The molecule has 0 aromatic heterocycles. The largest absolute Gasteiger partial charge is 0.457 e. The maximum absolute atomic E-state index is 12.5. The van der Waals surface area contributed by atoms with E-state index in [1.165, 1.54) is 0 Å². The average molecular weight is 412 g/mol. The van der Waals surface area contributed by atoms with Gasteiger partial charge >= 0.3 is 5.97 Å². The second-order valence-corrected chi connectivity index (χ2v) is 13.7. The highest BCUT2D eigenvalue weighted by molar-refractivity contribution is 6.74. The number of carbonyl (C=O) groups is 2. The van der Waals surface area contributed by atoms with E-state index in [0.29, 0.717) is 5.56 Å². The molecule has 0 radical (unpaired) electrons. The van der Waals surface area contributed by atoms with E-state index in [1.54, 1.807) is 12.1 Å². The van der Waals surface area contributed by atoms with Gasteiger partial charge in [-0.1, -0.05) is 63.2 Å². The normalized spacial score (nSPS) is 19.3.